The number of ether oxygens (including phenoxy) is 2. The van der Waals surface area contributed by atoms with E-state index in [1.807, 2.05) is 31.3 Å². The minimum absolute atomic E-state index is 0.0250. The van der Waals surface area contributed by atoms with Crippen LogP contribution < -0.4 is 4.74 Å². The average Bonchev–Trinajstić information content (AvgIpc) is 3.13. The first kappa shape index (κ1) is 25.7. The van der Waals surface area contributed by atoms with E-state index in [4.69, 9.17) is 13.7 Å². The molecule has 2 aromatic rings. The van der Waals surface area contributed by atoms with Crippen molar-refractivity contribution in [2.45, 2.75) is 43.1 Å². The summed E-state index contributed by atoms with van der Waals surface area (Å²) in [5.41, 5.74) is 2.46. The molecule has 6 atom stereocenters. The van der Waals surface area contributed by atoms with Crippen LogP contribution in [0, 0.1) is 17.2 Å². The molecule has 9 nitrogen and oxygen atoms in total. The molecule has 0 radical (unpaired) electrons. The minimum atomic E-state index is -3.59. The molecule has 3 heterocycles. The molecule has 2 bridgehead atoms. The van der Waals surface area contributed by atoms with Crippen molar-refractivity contribution in [2.24, 2.45) is 5.92 Å². The zero-order chi connectivity index (χ0) is 26.3. The van der Waals surface area contributed by atoms with Gasteiger partial charge in [0.15, 0.2) is 0 Å². The van der Waals surface area contributed by atoms with Gasteiger partial charge in [0, 0.05) is 29.6 Å². The Bertz CT molecular complexity index is 1310. The van der Waals surface area contributed by atoms with Crippen molar-refractivity contribution in [2.75, 3.05) is 33.6 Å². The normalized spacial score (nSPS) is 29.1. The zero-order valence-electron chi connectivity index (χ0n) is 21.1. The molecule has 3 aliphatic rings. The maximum absolute atomic E-state index is 12.9. The zero-order valence-corrected chi connectivity index (χ0v) is 21.9. The highest BCUT2D eigenvalue weighted by Crippen LogP contribution is 2.49. The lowest BCUT2D eigenvalue weighted by molar-refractivity contribution is -0.0570. The third-order valence-corrected chi connectivity index (χ3v) is 8.56. The summed E-state index contributed by atoms with van der Waals surface area (Å²) >= 11 is 0. The van der Waals surface area contributed by atoms with E-state index in [0.29, 0.717) is 24.2 Å². The number of nitriles is 1. The summed E-state index contributed by atoms with van der Waals surface area (Å²) in [5.74, 6) is 0.205. The molecule has 2 fully saturated rings. The summed E-state index contributed by atoms with van der Waals surface area (Å²) in [4.78, 5) is 17.3. The van der Waals surface area contributed by atoms with E-state index in [1.165, 1.54) is 0 Å². The number of rotatable bonds is 7. The number of fused-ring (bicyclic) bond motifs is 5. The van der Waals surface area contributed by atoms with Crippen molar-refractivity contribution < 1.29 is 26.9 Å². The monoisotopic (exact) mass is 525 g/mol. The van der Waals surface area contributed by atoms with E-state index in [2.05, 4.69) is 15.9 Å². The van der Waals surface area contributed by atoms with Gasteiger partial charge in [-0.05, 0) is 43.7 Å². The molecule has 5 rings (SSSR count). The Kier molecular flexibility index (Phi) is 6.98. The largest absolute Gasteiger partial charge is 0.496 e. The summed E-state index contributed by atoms with van der Waals surface area (Å²) in [6, 6.07) is 16.1. The SMILES string of the molecule is COc1cccc2c1[C@H](COC(=O)c1ccccc1)N1[C@@H](C#N)[C@@H]3C[C@@H](COS(C)(=O)=O)[C@H]([C@@H]1C2)N3C. The lowest BCUT2D eigenvalue weighted by atomic mass is 9.80. The molecule has 0 amide bonds. The number of hydrogen-bond donors (Lipinski definition) is 0. The molecule has 10 heteroatoms. The molecule has 0 aliphatic carbocycles. The number of piperazine rings is 1. The van der Waals surface area contributed by atoms with Crippen LogP contribution in [0.4, 0.5) is 0 Å². The van der Waals surface area contributed by atoms with Gasteiger partial charge >= 0.3 is 5.97 Å². The molecular formula is C27H31N3O6S. The van der Waals surface area contributed by atoms with Gasteiger partial charge in [-0.2, -0.15) is 13.7 Å². The maximum Gasteiger partial charge on any atom is 0.338 e. The number of esters is 1. The van der Waals surface area contributed by atoms with E-state index < -0.39 is 28.2 Å². The number of carbonyl (C=O) groups is 1. The number of nitrogens with zero attached hydrogens (tertiary/aromatic N) is 3. The van der Waals surface area contributed by atoms with Crippen molar-refractivity contribution >= 4 is 16.1 Å². The molecule has 0 N–H and O–H groups in total. The number of benzene rings is 2. The number of carbonyl (C=O) groups excluding carboxylic acids is 1. The molecule has 0 aromatic heterocycles. The summed E-state index contributed by atoms with van der Waals surface area (Å²) in [6.45, 7) is 0.134. The van der Waals surface area contributed by atoms with E-state index in [1.54, 1.807) is 31.4 Å². The Balaban J connectivity index is 1.53. The second-order valence-electron chi connectivity index (χ2n) is 10.0. The van der Waals surface area contributed by atoms with Crippen LogP contribution in [0.3, 0.4) is 0 Å². The van der Waals surface area contributed by atoms with E-state index >= 15 is 0 Å². The van der Waals surface area contributed by atoms with Crippen LogP contribution in [-0.2, 0) is 25.5 Å². The Morgan fingerprint density at radius 1 is 1.11 bits per heavy atom. The predicted octanol–water partition coefficient (Wildman–Crippen LogP) is 2.39. The van der Waals surface area contributed by atoms with Gasteiger partial charge in [-0.15, -0.1) is 0 Å². The van der Waals surface area contributed by atoms with Gasteiger partial charge in [0.1, 0.15) is 18.4 Å². The van der Waals surface area contributed by atoms with Crippen LogP contribution in [0.2, 0.25) is 0 Å². The summed E-state index contributed by atoms with van der Waals surface area (Å²) in [7, 11) is 0.0265. The number of likely N-dealkylation sites (N-methyl/N-ethyl adjacent to an activating group) is 1. The van der Waals surface area contributed by atoms with Gasteiger partial charge in [-0.25, -0.2) is 4.79 Å². The number of methoxy groups -OCH3 is 1. The van der Waals surface area contributed by atoms with Gasteiger partial charge in [0.2, 0.25) is 0 Å². The molecular weight excluding hydrogens is 494 g/mol. The highest BCUT2D eigenvalue weighted by molar-refractivity contribution is 7.85. The average molecular weight is 526 g/mol. The van der Waals surface area contributed by atoms with E-state index in [9.17, 15) is 18.5 Å². The summed E-state index contributed by atoms with van der Waals surface area (Å²) in [5, 5.41) is 10.4. The van der Waals surface area contributed by atoms with Gasteiger partial charge in [0.05, 0.1) is 37.6 Å². The van der Waals surface area contributed by atoms with Gasteiger partial charge < -0.3 is 9.47 Å². The third kappa shape index (κ3) is 4.73. The fraction of sp³-hybridized carbons (Fsp3) is 0.481. The Morgan fingerprint density at radius 3 is 2.54 bits per heavy atom. The van der Waals surface area contributed by atoms with Crippen molar-refractivity contribution in [1.29, 1.82) is 5.26 Å². The molecule has 37 heavy (non-hydrogen) atoms. The van der Waals surface area contributed by atoms with Crippen molar-refractivity contribution in [3.63, 3.8) is 0 Å². The fourth-order valence-corrected chi connectivity index (χ4v) is 6.97. The minimum Gasteiger partial charge on any atom is -0.496 e. The Hall–Kier alpha value is -2.97. The summed E-state index contributed by atoms with van der Waals surface area (Å²) < 4.78 is 40.3. The second kappa shape index (κ2) is 10.1. The Labute approximate surface area is 217 Å². The molecule has 0 unspecified atom stereocenters. The third-order valence-electron chi connectivity index (χ3n) is 7.99. The standard InChI is InChI=1S/C27H31N3O6S/c1-29-20-13-19(15-36-37(3,32)33)26(29)21-12-18-10-7-11-24(34-2)25(18)23(30(21)22(20)14-28)16-35-27(31)17-8-5-4-6-9-17/h4-11,19-23,26H,12-13,15-16H2,1-3H3/t19-,20-,21-,22-,23-,26+/m0/s1. The Morgan fingerprint density at radius 2 is 1.86 bits per heavy atom. The fourth-order valence-electron chi connectivity index (χ4n) is 6.55. The first-order chi connectivity index (χ1) is 17.7. The van der Waals surface area contributed by atoms with Crippen LogP contribution in [0.15, 0.2) is 48.5 Å². The highest BCUT2D eigenvalue weighted by Gasteiger charge is 2.58. The van der Waals surface area contributed by atoms with E-state index in [0.717, 1.165) is 17.4 Å². The quantitative estimate of drug-likeness (QED) is 0.398. The molecule has 196 valence electrons. The summed E-state index contributed by atoms with van der Waals surface area (Å²) in [6.07, 6.45) is 2.36. The van der Waals surface area contributed by atoms with Crippen molar-refractivity contribution in [3.8, 4) is 11.8 Å². The lowest BCUT2D eigenvalue weighted by Crippen LogP contribution is -2.67. The van der Waals surface area contributed by atoms with Gasteiger partial charge in [-0.1, -0.05) is 30.3 Å². The molecule has 2 aromatic carbocycles. The van der Waals surface area contributed by atoms with Crippen LogP contribution in [0.25, 0.3) is 0 Å². The molecule has 0 spiro atoms. The van der Waals surface area contributed by atoms with Crippen LogP contribution >= 0.6 is 0 Å². The molecule has 3 aliphatic heterocycles. The van der Waals surface area contributed by atoms with Gasteiger partial charge in [0.25, 0.3) is 10.1 Å². The second-order valence-corrected chi connectivity index (χ2v) is 11.7. The molecule has 0 saturated carbocycles. The molecule has 2 saturated heterocycles. The van der Waals surface area contributed by atoms with Crippen LogP contribution in [0.5, 0.6) is 5.75 Å². The lowest BCUT2D eigenvalue weighted by Gasteiger charge is -2.54. The first-order valence-electron chi connectivity index (χ1n) is 12.3. The smallest absolute Gasteiger partial charge is 0.338 e. The highest BCUT2D eigenvalue weighted by atomic mass is 32.2. The van der Waals surface area contributed by atoms with Gasteiger partial charge in [-0.3, -0.25) is 14.0 Å². The predicted molar refractivity (Wildman–Crippen MR) is 135 cm³/mol. The maximum atomic E-state index is 12.9. The van der Waals surface area contributed by atoms with Crippen LogP contribution in [-0.4, -0.2) is 82.0 Å². The van der Waals surface area contributed by atoms with Crippen molar-refractivity contribution in [3.05, 3.63) is 65.2 Å². The topological polar surface area (TPSA) is 109 Å². The van der Waals surface area contributed by atoms with Crippen LogP contribution in [0.1, 0.15) is 33.9 Å². The number of hydrogen-bond acceptors (Lipinski definition) is 9. The van der Waals surface area contributed by atoms with E-state index in [-0.39, 0.29) is 37.3 Å². The first-order valence-corrected chi connectivity index (χ1v) is 14.2. The van der Waals surface area contributed by atoms with Crippen molar-refractivity contribution in [1.82, 2.24) is 9.80 Å².